The van der Waals surface area contributed by atoms with E-state index in [9.17, 15) is 5.11 Å². The van der Waals surface area contributed by atoms with Gasteiger partial charge in [-0.15, -0.1) is 0 Å². The van der Waals surface area contributed by atoms with Gasteiger partial charge in [-0.1, -0.05) is 22.9 Å². The molecule has 0 amide bonds. The quantitative estimate of drug-likeness (QED) is 0.888. The molecular formula is C14H17BrN2O2. The molecule has 2 rings (SSSR count). The molecule has 0 atom stereocenters. The molecule has 0 spiro atoms. The van der Waals surface area contributed by atoms with Crippen molar-refractivity contribution in [3.8, 4) is 5.75 Å². The van der Waals surface area contributed by atoms with Crippen molar-refractivity contribution in [2.75, 3.05) is 0 Å². The van der Waals surface area contributed by atoms with Crippen LogP contribution in [0.4, 0.5) is 0 Å². The van der Waals surface area contributed by atoms with Crippen molar-refractivity contribution in [2.24, 2.45) is 0 Å². The fourth-order valence-corrected chi connectivity index (χ4v) is 2.20. The van der Waals surface area contributed by atoms with Crippen molar-refractivity contribution >= 4 is 15.9 Å². The summed E-state index contributed by atoms with van der Waals surface area (Å²) in [7, 11) is 0. The number of aliphatic hydroxyl groups excluding tert-OH is 1. The Balaban J connectivity index is 2.04. The molecule has 0 aliphatic carbocycles. The predicted octanol–water partition coefficient (Wildman–Crippen LogP) is 3.13. The van der Waals surface area contributed by atoms with Gasteiger partial charge in [0.15, 0.2) is 0 Å². The molecule has 2 aromatic rings. The van der Waals surface area contributed by atoms with E-state index in [-0.39, 0.29) is 6.61 Å². The van der Waals surface area contributed by atoms with Gasteiger partial charge in [-0.05, 0) is 30.2 Å². The summed E-state index contributed by atoms with van der Waals surface area (Å²) in [5.74, 6) is 0.747. The number of ether oxygens (including phenoxy) is 1. The molecule has 1 aromatic carbocycles. The monoisotopic (exact) mass is 324 g/mol. The van der Waals surface area contributed by atoms with Crippen LogP contribution in [0.15, 0.2) is 35.2 Å². The minimum Gasteiger partial charge on any atom is -0.487 e. The average molecular weight is 325 g/mol. The van der Waals surface area contributed by atoms with Crippen LogP contribution in [0.1, 0.15) is 24.6 Å². The van der Waals surface area contributed by atoms with Crippen LogP contribution in [0.5, 0.6) is 5.75 Å². The molecule has 0 radical (unpaired) electrons. The van der Waals surface area contributed by atoms with Gasteiger partial charge >= 0.3 is 0 Å². The Morgan fingerprint density at radius 3 is 3.00 bits per heavy atom. The van der Waals surface area contributed by atoms with Crippen LogP contribution in [0, 0.1) is 0 Å². The number of nitrogens with zero attached hydrogens (tertiary/aromatic N) is 2. The number of rotatable bonds is 6. The number of benzene rings is 1. The van der Waals surface area contributed by atoms with Crippen molar-refractivity contribution in [2.45, 2.75) is 33.1 Å². The van der Waals surface area contributed by atoms with Crippen LogP contribution in [-0.4, -0.2) is 14.7 Å². The van der Waals surface area contributed by atoms with Crippen molar-refractivity contribution in [3.63, 3.8) is 0 Å². The van der Waals surface area contributed by atoms with Gasteiger partial charge in [0.05, 0.1) is 24.8 Å². The van der Waals surface area contributed by atoms with Crippen LogP contribution in [0.3, 0.4) is 0 Å². The van der Waals surface area contributed by atoms with Crippen LogP contribution < -0.4 is 4.74 Å². The first-order valence-electron chi connectivity index (χ1n) is 6.25. The third-order valence-corrected chi connectivity index (χ3v) is 3.61. The van der Waals surface area contributed by atoms with Gasteiger partial charge in [-0.2, -0.15) is 0 Å². The molecule has 0 fully saturated rings. The van der Waals surface area contributed by atoms with Crippen LogP contribution in [0.25, 0.3) is 0 Å². The lowest BCUT2D eigenvalue weighted by atomic mass is 10.2. The summed E-state index contributed by atoms with van der Waals surface area (Å²) in [5.41, 5.74) is 1.87. The van der Waals surface area contributed by atoms with Gasteiger partial charge < -0.3 is 14.4 Å². The molecule has 0 unspecified atom stereocenters. The second-order valence-electron chi connectivity index (χ2n) is 4.28. The van der Waals surface area contributed by atoms with E-state index in [0.29, 0.717) is 6.61 Å². The Hall–Kier alpha value is -1.33. The zero-order valence-corrected chi connectivity index (χ0v) is 12.4. The molecular weight excluding hydrogens is 308 g/mol. The first kappa shape index (κ1) is 14.1. The van der Waals surface area contributed by atoms with Gasteiger partial charge in [0, 0.05) is 11.0 Å². The minimum atomic E-state index is -0.00838. The minimum absolute atomic E-state index is 0.00838. The van der Waals surface area contributed by atoms with E-state index in [1.165, 1.54) is 0 Å². The molecule has 5 heteroatoms. The van der Waals surface area contributed by atoms with Gasteiger partial charge in [0.1, 0.15) is 12.4 Å². The maximum absolute atomic E-state index is 9.21. The molecule has 102 valence electrons. The normalized spacial score (nSPS) is 10.7. The number of imidazole rings is 1. The Morgan fingerprint density at radius 1 is 1.42 bits per heavy atom. The number of halogens is 1. The summed E-state index contributed by atoms with van der Waals surface area (Å²) in [6, 6.07) is 5.60. The van der Waals surface area contributed by atoms with Crippen molar-refractivity contribution in [3.05, 3.63) is 46.5 Å². The molecule has 0 aliphatic rings. The van der Waals surface area contributed by atoms with E-state index in [1.54, 1.807) is 0 Å². The first-order valence-corrected chi connectivity index (χ1v) is 7.05. The molecule has 19 heavy (non-hydrogen) atoms. The summed E-state index contributed by atoms with van der Waals surface area (Å²) >= 11 is 3.38. The summed E-state index contributed by atoms with van der Waals surface area (Å²) in [6.45, 7) is 3.55. The van der Waals surface area contributed by atoms with Gasteiger partial charge in [0.25, 0.3) is 0 Å². The third-order valence-electron chi connectivity index (χ3n) is 2.84. The lowest BCUT2D eigenvalue weighted by molar-refractivity contribution is 0.275. The average Bonchev–Trinajstić information content (AvgIpc) is 2.86. The van der Waals surface area contributed by atoms with Crippen LogP contribution in [0.2, 0.25) is 0 Å². The standard InChI is InChI=1S/C14H17BrN2O2/c1-2-5-17-10-16-7-12(17)9-19-13-3-4-14(15)11(6-13)8-18/h3-4,6-7,10,18H,2,5,8-9H2,1H3. The summed E-state index contributed by atoms with van der Waals surface area (Å²) < 4.78 is 8.72. The Bertz CT molecular complexity index is 540. The van der Waals surface area contributed by atoms with Crippen molar-refractivity contribution in [1.29, 1.82) is 0 Å². The first-order chi connectivity index (χ1) is 9.24. The topological polar surface area (TPSA) is 47.3 Å². The smallest absolute Gasteiger partial charge is 0.130 e. The Labute approximate surface area is 121 Å². The highest BCUT2D eigenvalue weighted by atomic mass is 79.9. The van der Waals surface area contributed by atoms with Crippen LogP contribution >= 0.6 is 15.9 Å². The van der Waals surface area contributed by atoms with Crippen molar-refractivity contribution < 1.29 is 9.84 Å². The fourth-order valence-electron chi connectivity index (χ4n) is 1.83. The van der Waals surface area contributed by atoms with Gasteiger partial charge in [-0.3, -0.25) is 0 Å². The van der Waals surface area contributed by atoms with E-state index < -0.39 is 0 Å². The van der Waals surface area contributed by atoms with E-state index >= 15 is 0 Å². The molecule has 1 heterocycles. The Morgan fingerprint density at radius 2 is 2.26 bits per heavy atom. The van der Waals surface area contributed by atoms with E-state index in [1.807, 2.05) is 30.7 Å². The maximum atomic E-state index is 9.21. The fraction of sp³-hybridized carbons (Fsp3) is 0.357. The van der Waals surface area contributed by atoms with Gasteiger partial charge in [-0.25, -0.2) is 4.98 Å². The molecule has 4 nitrogen and oxygen atoms in total. The maximum Gasteiger partial charge on any atom is 0.130 e. The summed E-state index contributed by atoms with van der Waals surface area (Å²) in [4.78, 5) is 4.14. The Kier molecular flexibility index (Phi) is 4.99. The molecule has 1 N–H and O–H groups in total. The zero-order valence-electron chi connectivity index (χ0n) is 10.8. The second-order valence-corrected chi connectivity index (χ2v) is 5.13. The highest BCUT2D eigenvalue weighted by Crippen LogP contribution is 2.23. The number of aromatic nitrogens is 2. The lowest BCUT2D eigenvalue weighted by Crippen LogP contribution is -2.05. The van der Waals surface area contributed by atoms with E-state index in [4.69, 9.17) is 4.74 Å². The van der Waals surface area contributed by atoms with E-state index in [0.717, 1.165) is 34.4 Å². The number of aryl methyl sites for hydroxylation is 1. The summed E-state index contributed by atoms with van der Waals surface area (Å²) in [5, 5.41) is 9.21. The highest BCUT2D eigenvalue weighted by Gasteiger charge is 2.05. The zero-order chi connectivity index (χ0) is 13.7. The van der Waals surface area contributed by atoms with Gasteiger partial charge in [0.2, 0.25) is 0 Å². The largest absolute Gasteiger partial charge is 0.487 e. The molecule has 0 aliphatic heterocycles. The number of hydrogen-bond donors (Lipinski definition) is 1. The van der Waals surface area contributed by atoms with Crippen molar-refractivity contribution in [1.82, 2.24) is 9.55 Å². The predicted molar refractivity (Wildman–Crippen MR) is 76.9 cm³/mol. The third kappa shape index (κ3) is 3.58. The summed E-state index contributed by atoms with van der Waals surface area (Å²) in [6.07, 6.45) is 4.71. The second kappa shape index (κ2) is 6.73. The number of aliphatic hydroxyl groups is 1. The lowest BCUT2D eigenvalue weighted by Gasteiger charge is -2.10. The molecule has 1 aromatic heterocycles. The highest BCUT2D eigenvalue weighted by molar-refractivity contribution is 9.10. The molecule has 0 saturated heterocycles. The van der Waals surface area contributed by atoms with E-state index in [2.05, 4.69) is 32.4 Å². The van der Waals surface area contributed by atoms with Crippen LogP contribution in [-0.2, 0) is 19.8 Å². The number of hydrogen-bond acceptors (Lipinski definition) is 3. The molecule has 0 bridgehead atoms. The molecule has 0 saturated carbocycles. The SMILES string of the molecule is CCCn1cncc1COc1ccc(Br)c(CO)c1.